The van der Waals surface area contributed by atoms with Gasteiger partial charge in [0.1, 0.15) is 0 Å². The third-order valence-corrected chi connectivity index (χ3v) is 25.8. The van der Waals surface area contributed by atoms with Crippen LogP contribution in [0.5, 0.6) is 0 Å². The zero-order valence-electron chi connectivity index (χ0n) is 65.9. The number of benzene rings is 18. The van der Waals surface area contributed by atoms with Gasteiger partial charge in [0.05, 0.1) is 72.8 Å². The third-order valence-electron chi connectivity index (χ3n) is 25.8. The Hall–Kier alpha value is -15.9. The average Bonchev–Trinajstić information content (AvgIpc) is 1.53. The molecule has 120 heavy (non-hydrogen) atoms. The second kappa shape index (κ2) is 27.4. The number of aromatic nitrogens is 4. The summed E-state index contributed by atoms with van der Waals surface area (Å²) >= 11 is 0. The molecule has 0 N–H and O–H groups in total. The summed E-state index contributed by atoms with van der Waals surface area (Å²) in [5, 5.41) is 28.4. The Labute approximate surface area is 694 Å². The van der Waals surface area contributed by atoms with E-state index in [2.05, 4.69) is 408 Å². The van der Waals surface area contributed by atoms with Crippen molar-refractivity contribution in [3.05, 3.63) is 457 Å². The van der Waals surface area contributed by atoms with Crippen LogP contribution in [0.1, 0.15) is 58.4 Å². The predicted molar refractivity (Wildman–Crippen MR) is 496 cm³/mol. The van der Waals surface area contributed by atoms with Gasteiger partial charge in [-0.3, -0.25) is 0 Å². The highest BCUT2D eigenvalue weighted by Gasteiger charge is 2.46. The molecule has 0 atom stereocenters. The van der Waals surface area contributed by atoms with Gasteiger partial charge in [-0.05, 0) is 246 Å². The quantitative estimate of drug-likeness (QED) is 0.137. The van der Waals surface area contributed by atoms with Crippen molar-refractivity contribution in [1.29, 1.82) is 10.5 Å². The lowest BCUT2D eigenvalue weighted by Gasteiger charge is -2.34. The van der Waals surface area contributed by atoms with Gasteiger partial charge >= 0.3 is 0 Å². The van der Waals surface area contributed by atoms with Crippen LogP contribution in [0.2, 0.25) is 0 Å². The van der Waals surface area contributed by atoms with Gasteiger partial charge in [0.15, 0.2) is 0 Å². The molecule has 0 amide bonds. The van der Waals surface area contributed by atoms with Crippen molar-refractivity contribution in [2.75, 3.05) is 0 Å². The topological polar surface area (TPSA) is 67.3 Å². The summed E-state index contributed by atoms with van der Waals surface area (Å²) in [4.78, 5) is 0. The zero-order valence-corrected chi connectivity index (χ0v) is 65.9. The number of hydrogen-bond acceptors (Lipinski definition) is 2. The Morgan fingerprint density at radius 3 is 0.842 bits per heavy atom. The fourth-order valence-electron chi connectivity index (χ4n) is 20.2. The number of nitrogens with zero attached hydrogens (tertiary/aromatic N) is 6. The van der Waals surface area contributed by atoms with E-state index in [9.17, 15) is 10.5 Å². The second-order valence-corrected chi connectivity index (χ2v) is 32.5. The molecule has 0 radical (unpaired) electrons. The fourth-order valence-corrected chi connectivity index (χ4v) is 20.2. The largest absolute Gasteiger partial charge is 0.309 e. The van der Waals surface area contributed by atoms with Crippen LogP contribution in [0, 0.1) is 22.7 Å². The number of nitriles is 2. The first-order valence-corrected chi connectivity index (χ1v) is 41.1. The van der Waals surface area contributed by atoms with Crippen LogP contribution in [-0.2, 0) is 10.8 Å². The predicted octanol–water partition coefficient (Wildman–Crippen LogP) is 28.8. The molecule has 22 aromatic rings. The molecule has 18 aromatic carbocycles. The van der Waals surface area contributed by atoms with Crippen molar-refractivity contribution in [2.24, 2.45) is 0 Å². The lowest BCUT2D eigenvalue weighted by atomic mass is 9.67. The van der Waals surface area contributed by atoms with Crippen molar-refractivity contribution in [1.82, 2.24) is 18.3 Å². The van der Waals surface area contributed by atoms with Crippen LogP contribution < -0.4 is 0 Å². The Morgan fingerprint density at radius 1 is 0.200 bits per heavy atom. The Kier molecular flexibility index (Phi) is 15.9. The summed E-state index contributed by atoms with van der Waals surface area (Å²) in [7, 11) is 0. The molecule has 0 saturated carbocycles. The van der Waals surface area contributed by atoms with Crippen LogP contribution >= 0.6 is 0 Å². The van der Waals surface area contributed by atoms with Gasteiger partial charge in [-0.1, -0.05) is 281 Å². The molecule has 0 bridgehead atoms. The molecule has 0 fully saturated rings. The second-order valence-electron chi connectivity index (χ2n) is 32.5. The smallest absolute Gasteiger partial charge is 0.0991 e. The highest BCUT2D eigenvalue weighted by atomic mass is 15.0. The first-order valence-electron chi connectivity index (χ1n) is 41.1. The number of para-hydroxylation sites is 4. The van der Waals surface area contributed by atoms with Crippen molar-refractivity contribution >= 4 is 87.2 Å². The molecule has 6 nitrogen and oxygen atoms in total. The summed E-state index contributed by atoms with van der Waals surface area (Å²) in [5.41, 5.74) is 37.2. The molecule has 0 unspecified atom stereocenters. The van der Waals surface area contributed by atoms with E-state index in [1.165, 1.54) is 171 Å². The SMILES string of the molecule is CC1(C)c2ccccc2-c2ccc(-n3c4ccccc4c4cc(-c5ccc6c(c5)c5ccccc5n6-c5ccc(-c6ccc(C#N)cc6)cc5)ccc43)cc21.N#Cc1ccc(-c2ccc(-n3c4ccccc4c4cc(-c5ccc6c(c5)c5ccccc5n6-c5ccc6c(c5)C(c5ccccc5)(c5ccccc5)c5ccccc5-6)ccc43)cc2)cc1. The molecule has 2 aliphatic rings. The maximum absolute atomic E-state index is 9.28. The van der Waals surface area contributed by atoms with E-state index in [-0.39, 0.29) is 5.41 Å². The summed E-state index contributed by atoms with van der Waals surface area (Å²) in [6.07, 6.45) is 0. The van der Waals surface area contributed by atoms with Crippen LogP contribution in [0.25, 0.3) is 177 Å². The minimum absolute atomic E-state index is 0.0642. The van der Waals surface area contributed by atoms with Crippen LogP contribution in [0.3, 0.4) is 0 Å². The third kappa shape index (κ3) is 10.7. The van der Waals surface area contributed by atoms with Crippen molar-refractivity contribution in [2.45, 2.75) is 24.7 Å². The Bertz CT molecular complexity index is 8000. The van der Waals surface area contributed by atoms with Crippen molar-refractivity contribution in [3.8, 4) is 102 Å². The van der Waals surface area contributed by atoms with E-state index in [0.29, 0.717) is 11.1 Å². The lowest BCUT2D eigenvalue weighted by molar-refractivity contribution is 0.660. The average molecular weight is 1530 g/mol. The van der Waals surface area contributed by atoms with Crippen LogP contribution in [0.4, 0.5) is 0 Å². The number of fused-ring (bicyclic) bond motifs is 18. The van der Waals surface area contributed by atoms with E-state index in [1.807, 2.05) is 48.5 Å². The van der Waals surface area contributed by atoms with E-state index in [4.69, 9.17) is 0 Å². The molecule has 560 valence electrons. The number of hydrogen-bond donors (Lipinski definition) is 0. The molecule has 24 rings (SSSR count). The summed E-state index contributed by atoms with van der Waals surface area (Å²) in [5.74, 6) is 0. The van der Waals surface area contributed by atoms with E-state index >= 15 is 0 Å². The first-order chi connectivity index (χ1) is 59.2. The van der Waals surface area contributed by atoms with Crippen LogP contribution in [0.15, 0.2) is 413 Å². The minimum atomic E-state index is -0.478. The molecule has 4 aromatic heterocycles. The maximum atomic E-state index is 9.28. The zero-order chi connectivity index (χ0) is 79.9. The van der Waals surface area contributed by atoms with Crippen molar-refractivity contribution in [3.63, 3.8) is 0 Å². The molecule has 6 heteroatoms. The van der Waals surface area contributed by atoms with Crippen LogP contribution in [-0.4, -0.2) is 18.3 Å². The number of rotatable bonds is 10. The van der Waals surface area contributed by atoms with Gasteiger partial charge in [-0.15, -0.1) is 0 Å². The summed E-state index contributed by atoms with van der Waals surface area (Å²) in [6, 6.07) is 154. The molecular formula is C114H74N6. The molecule has 4 heterocycles. The summed E-state index contributed by atoms with van der Waals surface area (Å²) in [6.45, 7) is 4.70. The van der Waals surface area contributed by atoms with E-state index in [0.717, 1.165) is 39.3 Å². The minimum Gasteiger partial charge on any atom is -0.309 e. The molecule has 0 saturated heterocycles. The van der Waals surface area contributed by atoms with Gasteiger partial charge < -0.3 is 18.3 Å². The van der Waals surface area contributed by atoms with Gasteiger partial charge in [0.2, 0.25) is 0 Å². The van der Waals surface area contributed by atoms with E-state index in [1.54, 1.807) is 0 Å². The van der Waals surface area contributed by atoms with Gasteiger partial charge in [0.25, 0.3) is 0 Å². The Morgan fingerprint density at radius 2 is 0.467 bits per heavy atom. The monoisotopic (exact) mass is 1530 g/mol. The molecular weight excluding hydrogens is 1450 g/mol. The molecule has 0 spiro atoms. The summed E-state index contributed by atoms with van der Waals surface area (Å²) < 4.78 is 9.64. The Balaban J connectivity index is 0.000000142. The first kappa shape index (κ1) is 69.6. The lowest BCUT2D eigenvalue weighted by Crippen LogP contribution is -2.28. The van der Waals surface area contributed by atoms with Gasteiger partial charge in [0, 0.05) is 71.3 Å². The maximum Gasteiger partial charge on any atom is 0.0991 e. The molecule has 2 aliphatic carbocycles. The van der Waals surface area contributed by atoms with Crippen molar-refractivity contribution < 1.29 is 0 Å². The fraction of sp³-hybridized carbons (Fsp3) is 0.0351. The molecule has 0 aliphatic heterocycles. The normalized spacial score (nSPS) is 12.9. The van der Waals surface area contributed by atoms with Gasteiger partial charge in [-0.25, -0.2) is 0 Å². The van der Waals surface area contributed by atoms with E-state index < -0.39 is 5.41 Å². The highest BCUT2D eigenvalue weighted by molar-refractivity contribution is 6.15. The highest BCUT2D eigenvalue weighted by Crippen LogP contribution is 2.57. The standard InChI is InChI=1S/C62H39N3.C52H35N3/c63-40-41-23-25-42(26-24-41)43-27-31-48(32-28-43)64-58-21-11-8-18-52(58)54-37-44(29-35-60(54)64)45-30-36-61-55(38-45)53-19-9-12-22-59(53)65(61)49-33-34-51-50-17-7-10-20-56(50)62(57(51)39-49,46-13-3-1-4-14-46)47-15-5-2-6-16-47;1-52(2)46-12-6-3-9-40(46)41-26-25-39(31-47(41)52)55-49-14-8-5-11-43(49)45-30-37(22-28-51(45)55)36-21-27-50-44(29-36)42-10-4-7-13-48(42)54(50)38-23-19-35(20-24-38)34-17-15-33(32-53)16-18-34/h1-39H;3-31H,1-2H3. The van der Waals surface area contributed by atoms with Gasteiger partial charge in [-0.2, -0.15) is 10.5 Å².